The van der Waals surface area contributed by atoms with E-state index in [1.165, 1.54) is 19.2 Å². The van der Waals surface area contributed by atoms with Gasteiger partial charge in [-0.2, -0.15) is 0 Å². The average Bonchev–Trinajstić information content (AvgIpc) is 2.32. The molecule has 0 unspecified atom stereocenters. The predicted molar refractivity (Wildman–Crippen MR) is 66.2 cm³/mol. The lowest BCUT2D eigenvalue weighted by Crippen LogP contribution is -2.05. The third kappa shape index (κ3) is 1.93. The second-order valence-corrected chi connectivity index (χ2v) is 3.98. The van der Waals surface area contributed by atoms with E-state index in [1.54, 1.807) is 6.92 Å². The van der Waals surface area contributed by atoms with Gasteiger partial charge in [-0.1, -0.05) is 0 Å². The number of aliphatic hydroxyl groups excluding tert-OH is 1. The first-order chi connectivity index (χ1) is 8.58. The van der Waals surface area contributed by atoms with Gasteiger partial charge in [-0.3, -0.25) is 4.79 Å². The molecule has 0 aliphatic carbocycles. The number of rotatable bonds is 3. The van der Waals surface area contributed by atoms with E-state index < -0.39 is 0 Å². The number of methoxy groups -OCH3 is 1. The molecule has 0 fully saturated rings. The van der Waals surface area contributed by atoms with E-state index >= 15 is 0 Å². The minimum atomic E-state index is -0.232. The van der Waals surface area contributed by atoms with Gasteiger partial charge >= 0.3 is 0 Å². The fourth-order valence-corrected chi connectivity index (χ4v) is 1.97. The normalized spacial score (nSPS) is 10.8. The lowest BCUT2D eigenvalue weighted by Gasteiger charge is -2.11. The maximum atomic E-state index is 12.0. The van der Waals surface area contributed by atoms with Crippen molar-refractivity contribution in [1.29, 1.82) is 0 Å². The number of hydrogen-bond donors (Lipinski definition) is 2. The summed E-state index contributed by atoms with van der Waals surface area (Å²) >= 11 is 0. The first-order valence-corrected chi connectivity index (χ1v) is 5.52. The van der Waals surface area contributed by atoms with Gasteiger partial charge in [0.2, 0.25) is 0 Å². The number of hydrogen-bond acceptors (Lipinski definition) is 5. The summed E-state index contributed by atoms with van der Waals surface area (Å²) in [6.07, 6.45) is 0.207. The third-order valence-corrected chi connectivity index (χ3v) is 2.75. The summed E-state index contributed by atoms with van der Waals surface area (Å²) < 4.78 is 10.6. The zero-order chi connectivity index (χ0) is 13.3. The fraction of sp³-hybridized carbons (Fsp3) is 0.308. The number of benzene rings is 1. The SMILES string of the molecule is COc1cc(O)c(CCO)c2oc(C)cc(=O)c12. The number of phenols is 1. The summed E-state index contributed by atoms with van der Waals surface area (Å²) in [5.41, 5.74) is 0.449. The molecule has 96 valence electrons. The highest BCUT2D eigenvalue weighted by Crippen LogP contribution is 2.34. The molecule has 0 aliphatic heterocycles. The summed E-state index contributed by atoms with van der Waals surface area (Å²) in [7, 11) is 1.42. The molecule has 5 nitrogen and oxygen atoms in total. The molecule has 5 heteroatoms. The van der Waals surface area contributed by atoms with Crippen molar-refractivity contribution in [2.45, 2.75) is 13.3 Å². The maximum absolute atomic E-state index is 12.0. The van der Waals surface area contributed by atoms with Crippen molar-refractivity contribution in [3.63, 3.8) is 0 Å². The molecule has 0 atom stereocenters. The number of aryl methyl sites for hydroxylation is 1. The van der Waals surface area contributed by atoms with Gasteiger partial charge in [-0.25, -0.2) is 0 Å². The second kappa shape index (κ2) is 4.70. The zero-order valence-corrected chi connectivity index (χ0v) is 10.2. The molecule has 1 aromatic carbocycles. The largest absolute Gasteiger partial charge is 0.507 e. The van der Waals surface area contributed by atoms with Gasteiger partial charge in [0.25, 0.3) is 0 Å². The Morgan fingerprint density at radius 3 is 2.72 bits per heavy atom. The van der Waals surface area contributed by atoms with Crippen LogP contribution in [0.4, 0.5) is 0 Å². The minimum Gasteiger partial charge on any atom is -0.507 e. The fourth-order valence-electron chi connectivity index (χ4n) is 1.97. The van der Waals surface area contributed by atoms with E-state index in [0.29, 0.717) is 11.3 Å². The van der Waals surface area contributed by atoms with E-state index in [0.717, 1.165) is 0 Å². The number of phenolic OH excluding ortho intramolecular Hbond substituents is 1. The summed E-state index contributed by atoms with van der Waals surface area (Å²) in [5.74, 6) is 0.652. The van der Waals surface area contributed by atoms with Crippen LogP contribution in [0, 0.1) is 6.92 Å². The molecule has 2 rings (SSSR count). The Labute approximate surface area is 103 Å². The molecule has 0 saturated carbocycles. The molecule has 2 aromatic rings. The van der Waals surface area contributed by atoms with Crippen LogP contribution in [0.5, 0.6) is 11.5 Å². The summed E-state index contributed by atoms with van der Waals surface area (Å²) in [6, 6.07) is 2.73. The number of aromatic hydroxyl groups is 1. The molecule has 0 amide bonds. The lowest BCUT2D eigenvalue weighted by molar-refractivity contribution is 0.297. The Balaban J connectivity index is 2.93. The van der Waals surface area contributed by atoms with Gasteiger partial charge < -0.3 is 19.4 Å². The minimum absolute atomic E-state index is 0.0536. The highest BCUT2D eigenvalue weighted by Gasteiger charge is 2.17. The van der Waals surface area contributed by atoms with Crippen LogP contribution < -0.4 is 10.2 Å². The van der Waals surface area contributed by atoms with Crippen molar-refractivity contribution in [2.24, 2.45) is 0 Å². The van der Waals surface area contributed by atoms with E-state index in [2.05, 4.69) is 0 Å². The molecule has 0 radical (unpaired) electrons. The van der Waals surface area contributed by atoms with Crippen LogP contribution in [0.1, 0.15) is 11.3 Å². The molecule has 18 heavy (non-hydrogen) atoms. The van der Waals surface area contributed by atoms with Crippen LogP contribution in [-0.4, -0.2) is 23.9 Å². The number of aliphatic hydroxyl groups is 1. The summed E-state index contributed by atoms with van der Waals surface area (Å²) in [5, 5.41) is 19.2. The summed E-state index contributed by atoms with van der Waals surface area (Å²) in [4.78, 5) is 12.0. The van der Waals surface area contributed by atoms with Crippen LogP contribution in [0.3, 0.4) is 0 Å². The van der Waals surface area contributed by atoms with Crippen LogP contribution in [0.15, 0.2) is 21.3 Å². The molecule has 2 N–H and O–H groups in total. The van der Waals surface area contributed by atoms with Gasteiger partial charge in [-0.15, -0.1) is 0 Å². The number of fused-ring (bicyclic) bond motifs is 1. The zero-order valence-electron chi connectivity index (χ0n) is 10.2. The van der Waals surface area contributed by atoms with Gasteiger partial charge in [0.05, 0.1) is 7.11 Å². The predicted octanol–water partition coefficient (Wildman–Crippen LogP) is 1.35. The number of ether oxygens (including phenoxy) is 1. The van der Waals surface area contributed by atoms with Gasteiger partial charge in [0.15, 0.2) is 5.43 Å². The first-order valence-electron chi connectivity index (χ1n) is 5.52. The van der Waals surface area contributed by atoms with Crippen LogP contribution in [0.2, 0.25) is 0 Å². The molecule has 1 aromatic heterocycles. The third-order valence-electron chi connectivity index (χ3n) is 2.75. The van der Waals surface area contributed by atoms with Crippen molar-refractivity contribution < 1.29 is 19.4 Å². The van der Waals surface area contributed by atoms with Gasteiger partial charge in [0, 0.05) is 30.7 Å². The van der Waals surface area contributed by atoms with Crippen molar-refractivity contribution in [1.82, 2.24) is 0 Å². The monoisotopic (exact) mass is 250 g/mol. The maximum Gasteiger partial charge on any atom is 0.196 e. The van der Waals surface area contributed by atoms with Crippen LogP contribution >= 0.6 is 0 Å². The first kappa shape index (κ1) is 12.4. The van der Waals surface area contributed by atoms with Crippen LogP contribution in [-0.2, 0) is 6.42 Å². The van der Waals surface area contributed by atoms with Gasteiger partial charge in [0.1, 0.15) is 28.2 Å². The van der Waals surface area contributed by atoms with Crippen LogP contribution in [0.25, 0.3) is 11.0 Å². The van der Waals surface area contributed by atoms with E-state index in [-0.39, 0.29) is 40.9 Å². The van der Waals surface area contributed by atoms with Crippen molar-refractivity contribution in [3.8, 4) is 11.5 Å². The Morgan fingerprint density at radius 1 is 1.39 bits per heavy atom. The molecule has 0 saturated heterocycles. The smallest absolute Gasteiger partial charge is 0.196 e. The van der Waals surface area contributed by atoms with E-state index in [9.17, 15) is 9.90 Å². The Morgan fingerprint density at radius 2 is 2.11 bits per heavy atom. The average molecular weight is 250 g/mol. The standard InChI is InChI=1S/C13H14O5/c1-7-5-10(16)12-11(17-2)6-9(15)8(3-4-14)13(12)18-7/h5-6,14-15H,3-4H2,1-2H3. The topological polar surface area (TPSA) is 79.9 Å². The van der Waals surface area contributed by atoms with Gasteiger partial charge in [-0.05, 0) is 6.92 Å². The Hall–Kier alpha value is -2.01. The summed E-state index contributed by atoms with van der Waals surface area (Å²) in [6.45, 7) is 1.51. The molecule has 0 aliphatic rings. The quantitative estimate of drug-likeness (QED) is 0.859. The molecule has 1 heterocycles. The lowest BCUT2D eigenvalue weighted by atomic mass is 10.1. The van der Waals surface area contributed by atoms with E-state index in [4.69, 9.17) is 14.3 Å². The molecular formula is C13H14O5. The highest BCUT2D eigenvalue weighted by atomic mass is 16.5. The molecule has 0 bridgehead atoms. The Bertz CT molecular complexity index is 642. The van der Waals surface area contributed by atoms with Crippen molar-refractivity contribution in [2.75, 3.05) is 13.7 Å². The second-order valence-electron chi connectivity index (χ2n) is 3.98. The van der Waals surface area contributed by atoms with E-state index in [1.807, 2.05) is 0 Å². The highest BCUT2D eigenvalue weighted by molar-refractivity contribution is 5.88. The molecular weight excluding hydrogens is 236 g/mol. The van der Waals surface area contributed by atoms with Crippen molar-refractivity contribution >= 4 is 11.0 Å². The Kier molecular flexibility index (Phi) is 3.25. The van der Waals surface area contributed by atoms with Crippen molar-refractivity contribution in [3.05, 3.63) is 33.7 Å². The molecule has 0 spiro atoms.